The average molecular weight is 418 g/mol. The van der Waals surface area contributed by atoms with E-state index >= 15 is 0 Å². The molecule has 0 saturated heterocycles. The van der Waals surface area contributed by atoms with Crippen LogP contribution in [-0.2, 0) is 0 Å². The molecule has 0 radical (unpaired) electrons. The molecule has 1 atom stereocenters. The van der Waals surface area contributed by atoms with E-state index in [-0.39, 0.29) is 23.6 Å². The molecule has 0 bridgehead atoms. The maximum absolute atomic E-state index is 13.7. The van der Waals surface area contributed by atoms with E-state index in [0.29, 0.717) is 23.4 Å². The number of nitrogens with zero attached hydrogens (tertiary/aromatic N) is 3. The number of urea groups is 1. The van der Waals surface area contributed by atoms with Gasteiger partial charge in [-0.25, -0.2) is 9.18 Å². The smallest absolute Gasteiger partial charge is 0.322 e. The van der Waals surface area contributed by atoms with Gasteiger partial charge in [0.05, 0.1) is 11.6 Å². The number of halogens is 1. The van der Waals surface area contributed by atoms with Gasteiger partial charge in [0, 0.05) is 17.8 Å². The molecule has 6 nitrogen and oxygen atoms in total. The van der Waals surface area contributed by atoms with Crippen LogP contribution in [0.1, 0.15) is 35.5 Å². The van der Waals surface area contributed by atoms with Gasteiger partial charge >= 0.3 is 6.03 Å². The molecule has 31 heavy (non-hydrogen) atoms. The fourth-order valence-corrected chi connectivity index (χ4v) is 3.68. The highest BCUT2D eigenvalue weighted by molar-refractivity contribution is 5.87. The zero-order valence-electron chi connectivity index (χ0n) is 17.6. The largest absolute Gasteiger partial charge is 0.334 e. The van der Waals surface area contributed by atoms with Crippen molar-refractivity contribution >= 4 is 11.6 Å². The second-order valence-corrected chi connectivity index (χ2v) is 7.56. The summed E-state index contributed by atoms with van der Waals surface area (Å²) in [6.07, 6.45) is 1.66. The summed E-state index contributed by atoms with van der Waals surface area (Å²) in [6.45, 7) is 9.99. The Labute approximate surface area is 180 Å². The standard InChI is InChI=1S/C24H23FN4O2/c1-5-11-29-16(4)20(21(26-24(29)30)17-10-9-14(2)15(3)12-17)23-27-22(28-31-23)18-7-6-8-19(25)13-18/h5-10,12-13,21H,1,11H2,2-4H3,(H,26,30). The topological polar surface area (TPSA) is 71.3 Å². The number of hydrogen-bond acceptors (Lipinski definition) is 4. The van der Waals surface area contributed by atoms with Crippen LogP contribution in [0.2, 0.25) is 0 Å². The van der Waals surface area contributed by atoms with E-state index in [1.807, 2.05) is 39.0 Å². The summed E-state index contributed by atoms with van der Waals surface area (Å²) in [4.78, 5) is 18.9. The van der Waals surface area contributed by atoms with Gasteiger partial charge in [0.2, 0.25) is 5.82 Å². The Morgan fingerprint density at radius 2 is 2.00 bits per heavy atom. The van der Waals surface area contributed by atoms with Crippen LogP contribution in [0.5, 0.6) is 0 Å². The van der Waals surface area contributed by atoms with Gasteiger partial charge in [-0.1, -0.05) is 41.6 Å². The van der Waals surface area contributed by atoms with Crippen molar-refractivity contribution in [3.05, 3.63) is 89.2 Å². The molecule has 2 amide bonds. The SMILES string of the molecule is C=CCN1C(=O)NC(c2ccc(C)c(C)c2)C(c2nc(-c3cccc(F)c3)no2)=C1C. The normalized spacial score (nSPS) is 16.5. The lowest BCUT2D eigenvalue weighted by Crippen LogP contribution is -2.46. The van der Waals surface area contributed by atoms with Gasteiger partial charge in [0.25, 0.3) is 5.89 Å². The van der Waals surface area contributed by atoms with E-state index in [1.165, 1.54) is 12.1 Å². The number of nitrogens with one attached hydrogen (secondary N) is 1. The maximum atomic E-state index is 13.7. The highest BCUT2D eigenvalue weighted by Crippen LogP contribution is 2.37. The molecular weight excluding hydrogens is 395 g/mol. The molecule has 1 aromatic heterocycles. The molecule has 3 aromatic rings. The summed E-state index contributed by atoms with van der Waals surface area (Å²) in [5.41, 5.74) is 5.09. The molecule has 4 rings (SSSR count). The lowest BCUT2D eigenvalue weighted by atomic mass is 9.92. The van der Waals surface area contributed by atoms with Crippen molar-refractivity contribution in [3.8, 4) is 11.4 Å². The molecule has 2 aromatic carbocycles. The lowest BCUT2D eigenvalue weighted by Gasteiger charge is -2.34. The summed E-state index contributed by atoms with van der Waals surface area (Å²) < 4.78 is 19.2. The third-order valence-corrected chi connectivity index (χ3v) is 5.51. The second-order valence-electron chi connectivity index (χ2n) is 7.56. The fraction of sp³-hybridized carbons (Fsp3) is 0.208. The van der Waals surface area contributed by atoms with Crippen LogP contribution < -0.4 is 5.32 Å². The van der Waals surface area contributed by atoms with Gasteiger partial charge in [-0.15, -0.1) is 6.58 Å². The van der Waals surface area contributed by atoms with Crippen molar-refractivity contribution < 1.29 is 13.7 Å². The van der Waals surface area contributed by atoms with Crippen LogP contribution in [0, 0.1) is 19.7 Å². The zero-order chi connectivity index (χ0) is 22.1. The number of hydrogen-bond donors (Lipinski definition) is 1. The number of aromatic nitrogens is 2. The van der Waals surface area contributed by atoms with Gasteiger partial charge in [-0.3, -0.25) is 4.90 Å². The third kappa shape index (κ3) is 3.86. The van der Waals surface area contributed by atoms with Crippen molar-refractivity contribution in [3.63, 3.8) is 0 Å². The zero-order valence-corrected chi connectivity index (χ0v) is 17.6. The van der Waals surface area contributed by atoms with Crippen molar-refractivity contribution in [2.45, 2.75) is 26.8 Å². The monoisotopic (exact) mass is 418 g/mol. The Bertz CT molecular complexity index is 1200. The van der Waals surface area contributed by atoms with E-state index < -0.39 is 6.04 Å². The second kappa shape index (κ2) is 8.18. The van der Waals surface area contributed by atoms with E-state index in [4.69, 9.17) is 4.52 Å². The Balaban J connectivity index is 1.84. The van der Waals surface area contributed by atoms with Gasteiger partial charge < -0.3 is 9.84 Å². The van der Waals surface area contributed by atoms with Gasteiger partial charge in [-0.05, 0) is 49.6 Å². The first-order chi connectivity index (χ1) is 14.9. The van der Waals surface area contributed by atoms with E-state index in [1.54, 1.807) is 23.1 Å². The van der Waals surface area contributed by atoms with Gasteiger partial charge in [0.1, 0.15) is 5.82 Å². The highest BCUT2D eigenvalue weighted by atomic mass is 19.1. The number of allylic oxidation sites excluding steroid dienone is 1. The number of carbonyl (C=O) groups excluding carboxylic acids is 1. The third-order valence-electron chi connectivity index (χ3n) is 5.51. The quantitative estimate of drug-likeness (QED) is 0.580. The Kier molecular flexibility index (Phi) is 5.42. The Morgan fingerprint density at radius 1 is 1.19 bits per heavy atom. The van der Waals surface area contributed by atoms with Gasteiger partial charge in [0.15, 0.2) is 0 Å². The summed E-state index contributed by atoms with van der Waals surface area (Å²) in [5, 5.41) is 7.09. The first-order valence-corrected chi connectivity index (χ1v) is 9.96. The molecule has 0 fully saturated rings. The van der Waals surface area contributed by atoms with E-state index in [0.717, 1.165) is 16.7 Å². The molecule has 7 heteroatoms. The van der Waals surface area contributed by atoms with E-state index in [9.17, 15) is 9.18 Å². The molecule has 1 aliphatic rings. The predicted octanol–water partition coefficient (Wildman–Crippen LogP) is 5.18. The van der Waals surface area contributed by atoms with Crippen LogP contribution >= 0.6 is 0 Å². The maximum Gasteiger partial charge on any atom is 0.322 e. The highest BCUT2D eigenvalue weighted by Gasteiger charge is 2.35. The molecule has 0 aliphatic carbocycles. The predicted molar refractivity (Wildman–Crippen MR) is 116 cm³/mol. The molecule has 2 heterocycles. The molecule has 0 spiro atoms. The first kappa shape index (κ1) is 20.5. The van der Waals surface area contributed by atoms with Crippen LogP contribution in [-0.4, -0.2) is 27.6 Å². The van der Waals surface area contributed by atoms with Crippen molar-refractivity contribution in [1.29, 1.82) is 0 Å². The summed E-state index contributed by atoms with van der Waals surface area (Å²) >= 11 is 0. The van der Waals surface area contributed by atoms with Crippen LogP contribution in [0.4, 0.5) is 9.18 Å². The van der Waals surface area contributed by atoms with Crippen molar-refractivity contribution in [2.75, 3.05) is 6.54 Å². The van der Waals surface area contributed by atoms with Crippen molar-refractivity contribution in [2.24, 2.45) is 0 Å². The first-order valence-electron chi connectivity index (χ1n) is 9.96. The number of carbonyl (C=O) groups is 1. The number of amides is 2. The minimum atomic E-state index is -0.464. The fourth-order valence-electron chi connectivity index (χ4n) is 3.68. The molecule has 1 N–H and O–H groups in total. The average Bonchev–Trinajstić information content (AvgIpc) is 3.22. The Hall–Kier alpha value is -3.74. The lowest BCUT2D eigenvalue weighted by molar-refractivity contribution is 0.209. The van der Waals surface area contributed by atoms with Crippen molar-refractivity contribution in [1.82, 2.24) is 20.4 Å². The molecule has 0 saturated carbocycles. The minimum absolute atomic E-state index is 0.228. The number of rotatable bonds is 5. The number of benzene rings is 2. The Morgan fingerprint density at radius 3 is 2.71 bits per heavy atom. The van der Waals surface area contributed by atoms with E-state index in [2.05, 4.69) is 22.0 Å². The summed E-state index contributed by atoms with van der Waals surface area (Å²) in [7, 11) is 0. The molecular formula is C24H23FN4O2. The molecule has 1 unspecified atom stereocenters. The summed E-state index contributed by atoms with van der Waals surface area (Å²) in [6, 6.07) is 11.4. The number of aryl methyl sites for hydroxylation is 2. The minimum Gasteiger partial charge on any atom is -0.334 e. The van der Waals surface area contributed by atoms with Crippen LogP contribution in [0.15, 0.2) is 65.3 Å². The summed E-state index contributed by atoms with van der Waals surface area (Å²) in [5.74, 6) is 0.171. The van der Waals surface area contributed by atoms with Crippen LogP contribution in [0.3, 0.4) is 0 Å². The molecule has 158 valence electrons. The van der Waals surface area contributed by atoms with Gasteiger partial charge in [-0.2, -0.15) is 4.98 Å². The van der Waals surface area contributed by atoms with Crippen LogP contribution in [0.25, 0.3) is 17.0 Å². The molecule has 1 aliphatic heterocycles.